The normalized spacial score (nSPS) is 13.9. The van der Waals surface area contributed by atoms with E-state index in [-0.39, 0.29) is 18.7 Å². The molecular formula is C24H26N2O4. The van der Waals surface area contributed by atoms with Crippen molar-refractivity contribution in [3.63, 3.8) is 0 Å². The second-order valence-electron chi connectivity index (χ2n) is 7.46. The molecule has 0 spiro atoms. The summed E-state index contributed by atoms with van der Waals surface area (Å²) in [6, 6.07) is 17.7. The molecule has 1 amide bonds. The minimum absolute atomic E-state index is 0.222. The van der Waals surface area contributed by atoms with E-state index >= 15 is 0 Å². The van der Waals surface area contributed by atoms with Crippen LogP contribution in [-0.2, 0) is 17.8 Å². The molecule has 1 saturated carbocycles. The molecule has 4 rings (SSSR count). The van der Waals surface area contributed by atoms with Crippen LogP contribution in [0.15, 0.2) is 65.3 Å². The average Bonchev–Trinajstić information content (AvgIpc) is 3.46. The van der Waals surface area contributed by atoms with Crippen LogP contribution in [0.4, 0.5) is 4.79 Å². The van der Waals surface area contributed by atoms with Gasteiger partial charge in [-0.2, -0.15) is 0 Å². The fourth-order valence-corrected chi connectivity index (χ4v) is 3.56. The van der Waals surface area contributed by atoms with Crippen LogP contribution in [0.2, 0.25) is 0 Å². The summed E-state index contributed by atoms with van der Waals surface area (Å²) in [4.78, 5) is 16.4. The van der Waals surface area contributed by atoms with E-state index in [1.807, 2.05) is 54.6 Å². The van der Waals surface area contributed by atoms with E-state index < -0.39 is 0 Å². The van der Waals surface area contributed by atoms with Gasteiger partial charge in [-0.1, -0.05) is 43.2 Å². The SMILES string of the molecule is O=C(NC1CCCC1)OCc1cccc(OCCc2coc(-c3ccccc3)n2)c1. The number of hydrogen-bond acceptors (Lipinski definition) is 5. The number of amides is 1. The van der Waals surface area contributed by atoms with Crippen LogP contribution in [0.1, 0.15) is 36.9 Å². The number of rotatable bonds is 8. The second-order valence-corrected chi connectivity index (χ2v) is 7.46. The highest BCUT2D eigenvalue weighted by Crippen LogP contribution is 2.20. The van der Waals surface area contributed by atoms with Crippen LogP contribution < -0.4 is 10.1 Å². The topological polar surface area (TPSA) is 73.6 Å². The number of carbonyl (C=O) groups excluding carboxylic acids is 1. The Bertz CT molecular complexity index is 949. The molecule has 1 aliphatic carbocycles. The van der Waals surface area contributed by atoms with Crippen molar-refractivity contribution in [3.8, 4) is 17.2 Å². The number of aromatic nitrogens is 1. The van der Waals surface area contributed by atoms with Gasteiger partial charge in [0.2, 0.25) is 5.89 Å². The largest absolute Gasteiger partial charge is 0.493 e. The van der Waals surface area contributed by atoms with Crippen molar-refractivity contribution in [2.24, 2.45) is 0 Å². The molecule has 156 valence electrons. The van der Waals surface area contributed by atoms with Gasteiger partial charge in [-0.05, 0) is 42.7 Å². The highest BCUT2D eigenvalue weighted by Gasteiger charge is 2.17. The van der Waals surface area contributed by atoms with Gasteiger partial charge in [0.05, 0.1) is 12.3 Å². The van der Waals surface area contributed by atoms with Crippen molar-refractivity contribution in [3.05, 3.63) is 72.1 Å². The quantitative estimate of drug-likeness (QED) is 0.561. The van der Waals surface area contributed by atoms with Crippen molar-refractivity contribution < 1.29 is 18.7 Å². The highest BCUT2D eigenvalue weighted by molar-refractivity contribution is 5.67. The number of ether oxygens (including phenoxy) is 2. The maximum atomic E-state index is 11.9. The number of carbonyl (C=O) groups is 1. The molecule has 2 aromatic carbocycles. The van der Waals surface area contributed by atoms with Gasteiger partial charge in [0.15, 0.2) is 0 Å². The lowest BCUT2D eigenvalue weighted by atomic mass is 10.2. The standard InChI is InChI=1S/C24H26N2O4/c27-24(26-20-10-4-5-11-20)30-16-18-7-6-12-22(15-18)28-14-13-21-17-29-23(25-21)19-8-2-1-3-9-19/h1-3,6-9,12,15,17,20H,4-5,10-11,13-14,16H2,(H,26,27). The van der Waals surface area contributed by atoms with Crippen molar-refractivity contribution >= 4 is 6.09 Å². The lowest BCUT2D eigenvalue weighted by Crippen LogP contribution is -2.32. The minimum atomic E-state index is -0.353. The molecule has 6 heteroatoms. The fourth-order valence-electron chi connectivity index (χ4n) is 3.56. The van der Waals surface area contributed by atoms with Crippen molar-refractivity contribution in [1.82, 2.24) is 10.3 Å². The van der Waals surface area contributed by atoms with Crippen LogP contribution in [0.3, 0.4) is 0 Å². The third kappa shape index (κ3) is 5.63. The van der Waals surface area contributed by atoms with E-state index in [9.17, 15) is 4.79 Å². The van der Waals surface area contributed by atoms with Gasteiger partial charge >= 0.3 is 6.09 Å². The Labute approximate surface area is 176 Å². The zero-order valence-corrected chi connectivity index (χ0v) is 16.9. The zero-order valence-electron chi connectivity index (χ0n) is 16.9. The molecule has 0 aliphatic heterocycles. The van der Waals surface area contributed by atoms with Gasteiger partial charge in [0.1, 0.15) is 18.6 Å². The van der Waals surface area contributed by atoms with E-state index in [1.54, 1.807) is 6.26 Å². The Morgan fingerprint density at radius 2 is 1.93 bits per heavy atom. The number of alkyl carbamates (subject to hydrolysis) is 1. The highest BCUT2D eigenvalue weighted by atomic mass is 16.5. The molecule has 0 unspecified atom stereocenters. The zero-order chi connectivity index (χ0) is 20.6. The number of nitrogens with one attached hydrogen (secondary N) is 1. The molecule has 0 bridgehead atoms. The number of oxazole rings is 1. The molecule has 0 atom stereocenters. The van der Waals surface area contributed by atoms with Gasteiger partial charge < -0.3 is 19.2 Å². The molecule has 0 radical (unpaired) electrons. The second kappa shape index (κ2) is 9.96. The predicted octanol–water partition coefficient (Wildman–Crippen LogP) is 5.13. The summed E-state index contributed by atoms with van der Waals surface area (Å²) < 4.78 is 16.7. The Hall–Kier alpha value is -3.28. The Kier molecular flexibility index (Phi) is 6.65. The van der Waals surface area contributed by atoms with Crippen LogP contribution >= 0.6 is 0 Å². The first-order valence-electron chi connectivity index (χ1n) is 10.4. The molecule has 1 fully saturated rings. The molecule has 1 aromatic heterocycles. The smallest absolute Gasteiger partial charge is 0.407 e. The van der Waals surface area contributed by atoms with E-state index in [0.29, 0.717) is 18.9 Å². The molecule has 0 saturated heterocycles. The monoisotopic (exact) mass is 406 g/mol. The van der Waals surface area contributed by atoms with Gasteiger partial charge in [-0.3, -0.25) is 0 Å². The first kappa shape index (κ1) is 20.0. The van der Waals surface area contributed by atoms with Crippen LogP contribution in [0.25, 0.3) is 11.5 Å². The maximum absolute atomic E-state index is 11.9. The van der Waals surface area contributed by atoms with Gasteiger partial charge in [0.25, 0.3) is 0 Å². The lowest BCUT2D eigenvalue weighted by Gasteiger charge is -2.12. The Morgan fingerprint density at radius 3 is 2.77 bits per heavy atom. The predicted molar refractivity (Wildman–Crippen MR) is 113 cm³/mol. The molecule has 1 N–H and O–H groups in total. The number of nitrogens with zero attached hydrogens (tertiary/aromatic N) is 1. The Morgan fingerprint density at radius 1 is 1.10 bits per heavy atom. The molecule has 30 heavy (non-hydrogen) atoms. The van der Waals surface area contributed by atoms with Crippen LogP contribution in [-0.4, -0.2) is 23.7 Å². The van der Waals surface area contributed by atoms with Crippen LogP contribution in [0.5, 0.6) is 5.75 Å². The molecule has 1 aliphatic rings. The van der Waals surface area contributed by atoms with Gasteiger partial charge in [-0.15, -0.1) is 0 Å². The summed E-state index contributed by atoms with van der Waals surface area (Å²) in [7, 11) is 0. The summed E-state index contributed by atoms with van der Waals surface area (Å²) in [6.45, 7) is 0.701. The third-order valence-corrected chi connectivity index (χ3v) is 5.14. The maximum Gasteiger partial charge on any atom is 0.407 e. The fraction of sp³-hybridized carbons (Fsp3) is 0.333. The number of hydrogen-bond donors (Lipinski definition) is 1. The van der Waals surface area contributed by atoms with Crippen molar-refractivity contribution in [1.29, 1.82) is 0 Å². The van der Waals surface area contributed by atoms with Crippen molar-refractivity contribution in [2.75, 3.05) is 6.61 Å². The molecule has 1 heterocycles. The summed E-state index contributed by atoms with van der Waals surface area (Å²) in [6.07, 6.45) is 6.37. The van der Waals surface area contributed by atoms with E-state index in [1.165, 1.54) is 12.8 Å². The van der Waals surface area contributed by atoms with E-state index in [4.69, 9.17) is 13.9 Å². The van der Waals surface area contributed by atoms with Gasteiger partial charge in [-0.25, -0.2) is 9.78 Å². The van der Waals surface area contributed by atoms with Crippen LogP contribution in [0, 0.1) is 0 Å². The molecular weight excluding hydrogens is 380 g/mol. The van der Waals surface area contributed by atoms with E-state index in [0.717, 1.165) is 35.4 Å². The lowest BCUT2D eigenvalue weighted by molar-refractivity contribution is 0.135. The van der Waals surface area contributed by atoms with Gasteiger partial charge in [0, 0.05) is 18.0 Å². The average molecular weight is 406 g/mol. The summed E-state index contributed by atoms with van der Waals surface area (Å²) in [5.74, 6) is 1.35. The summed E-state index contributed by atoms with van der Waals surface area (Å²) >= 11 is 0. The minimum Gasteiger partial charge on any atom is -0.493 e. The Balaban J connectivity index is 1.22. The van der Waals surface area contributed by atoms with E-state index in [2.05, 4.69) is 10.3 Å². The van der Waals surface area contributed by atoms with Crippen molar-refractivity contribution in [2.45, 2.75) is 44.8 Å². The first-order chi connectivity index (χ1) is 14.8. The third-order valence-electron chi connectivity index (χ3n) is 5.14. The molecule has 6 nitrogen and oxygen atoms in total. The number of benzene rings is 2. The summed E-state index contributed by atoms with van der Waals surface area (Å²) in [5.41, 5.74) is 2.69. The molecule has 3 aromatic rings. The summed E-state index contributed by atoms with van der Waals surface area (Å²) in [5, 5.41) is 2.92. The first-order valence-corrected chi connectivity index (χ1v) is 10.4.